The van der Waals surface area contributed by atoms with Crippen LogP contribution in [0.25, 0.3) is 11.1 Å². The standard InChI is InChI=1S/C28H40F2O2/c1-3-5-7-9-11-13-19-31-27-17-15-23(21-25(27)29)24-16-18-28(26(30)22-24)32-20-14-12-10-8-6-4-2/h15-18,21-22H,3-14,19-20H2,1-2H3. The second-order valence-corrected chi connectivity index (χ2v) is 8.52. The third-order valence-corrected chi connectivity index (χ3v) is 5.71. The molecular formula is C28H40F2O2. The molecule has 2 aromatic rings. The number of benzene rings is 2. The minimum Gasteiger partial charge on any atom is -0.491 e. The first-order valence-electron chi connectivity index (χ1n) is 12.5. The van der Waals surface area contributed by atoms with Crippen LogP contribution in [0.4, 0.5) is 8.78 Å². The van der Waals surface area contributed by atoms with E-state index in [0.29, 0.717) is 24.3 Å². The highest BCUT2D eigenvalue weighted by Crippen LogP contribution is 2.29. The van der Waals surface area contributed by atoms with Crippen LogP contribution in [0, 0.1) is 11.6 Å². The molecule has 0 heterocycles. The van der Waals surface area contributed by atoms with Crippen LogP contribution in [0.2, 0.25) is 0 Å². The van der Waals surface area contributed by atoms with Gasteiger partial charge in [-0.05, 0) is 48.2 Å². The molecule has 0 aliphatic rings. The van der Waals surface area contributed by atoms with Crippen molar-refractivity contribution in [3.8, 4) is 22.6 Å². The van der Waals surface area contributed by atoms with Gasteiger partial charge < -0.3 is 9.47 Å². The molecule has 2 aromatic carbocycles. The van der Waals surface area contributed by atoms with E-state index >= 15 is 0 Å². The number of rotatable bonds is 17. The molecule has 0 unspecified atom stereocenters. The quantitative estimate of drug-likeness (QED) is 0.226. The average Bonchev–Trinajstić information content (AvgIpc) is 2.79. The van der Waals surface area contributed by atoms with Crippen molar-refractivity contribution in [1.82, 2.24) is 0 Å². The van der Waals surface area contributed by atoms with Gasteiger partial charge in [-0.25, -0.2) is 8.78 Å². The summed E-state index contributed by atoms with van der Waals surface area (Å²) in [5.41, 5.74) is 1.24. The maximum Gasteiger partial charge on any atom is 0.165 e. The summed E-state index contributed by atoms with van der Waals surface area (Å²) in [6.45, 7) is 5.43. The van der Waals surface area contributed by atoms with Crippen molar-refractivity contribution in [2.45, 2.75) is 90.9 Å². The van der Waals surface area contributed by atoms with E-state index in [0.717, 1.165) is 25.7 Å². The lowest BCUT2D eigenvalue weighted by Gasteiger charge is -2.11. The van der Waals surface area contributed by atoms with Crippen LogP contribution in [0.5, 0.6) is 11.5 Å². The molecule has 2 nitrogen and oxygen atoms in total. The Morgan fingerprint density at radius 2 is 0.906 bits per heavy atom. The molecular weight excluding hydrogens is 406 g/mol. The van der Waals surface area contributed by atoms with E-state index in [-0.39, 0.29) is 11.5 Å². The molecule has 0 N–H and O–H groups in total. The lowest BCUT2D eigenvalue weighted by Crippen LogP contribution is -2.00. The minimum absolute atomic E-state index is 0.252. The van der Waals surface area contributed by atoms with Gasteiger partial charge >= 0.3 is 0 Å². The SMILES string of the molecule is CCCCCCCCOc1ccc(-c2ccc(OCCCCCCCC)c(F)c2)cc1F. The van der Waals surface area contributed by atoms with Gasteiger partial charge in [-0.2, -0.15) is 0 Å². The zero-order valence-electron chi connectivity index (χ0n) is 19.9. The van der Waals surface area contributed by atoms with E-state index in [1.165, 1.54) is 63.5 Å². The molecule has 0 saturated carbocycles. The summed E-state index contributed by atoms with van der Waals surface area (Å²) in [6.07, 6.45) is 13.9. The molecule has 0 amide bonds. The van der Waals surface area contributed by atoms with E-state index in [2.05, 4.69) is 13.8 Å². The predicted octanol–water partition coefficient (Wildman–Crippen LogP) is 9.11. The molecule has 0 fully saturated rings. The summed E-state index contributed by atoms with van der Waals surface area (Å²) in [5.74, 6) is -0.335. The second-order valence-electron chi connectivity index (χ2n) is 8.52. The highest BCUT2D eigenvalue weighted by molar-refractivity contribution is 5.65. The first-order chi connectivity index (χ1) is 15.7. The Kier molecular flexibility index (Phi) is 12.8. The lowest BCUT2D eigenvalue weighted by molar-refractivity contribution is 0.290. The van der Waals surface area contributed by atoms with E-state index < -0.39 is 11.6 Å². The molecule has 0 atom stereocenters. The Labute approximate surface area is 193 Å². The average molecular weight is 447 g/mol. The molecule has 0 aromatic heterocycles. The zero-order valence-corrected chi connectivity index (χ0v) is 19.9. The van der Waals surface area contributed by atoms with Gasteiger partial charge in [0.1, 0.15) is 0 Å². The summed E-state index contributed by atoms with van der Waals surface area (Å²) < 4.78 is 40.1. The van der Waals surface area contributed by atoms with Gasteiger partial charge in [0.15, 0.2) is 23.1 Å². The van der Waals surface area contributed by atoms with Crippen molar-refractivity contribution in [3.63, 3.8) is 0 Å². The molecule has 0 radical (unpaired) electrons. The van der Waals surface area contributed by atoms with Crippen LogP contribution in [0.3, 0.4) is 0 Å². The Morgan fingerprint density at radius 3 is 1.28 bits per heavy atom. The van der Waals surface area contributed by atoms with Gasteiger partial charge in [0.2, 0.25) is 0 Å². The first-order valence-corrected chi connectivity index (χ1v) is 12.5. The van der Waals surface area contributed by atoms with Crippen molar-refractivity contribution in [2.75, 3.05) is 13.2 Å². The maximum absolute atomic E-state index is 14.5. The summed E-state index contributed by atoms with van der Waals surface area (Å²) in [6, 6.07) is 9.60. The number of hydrogen-bond acceptors (Lipinski definition) is 2. The Morgan fingerprint density at radius 1 is 0.531 bits per heavy atom. The van der Waals surface area contributed by atoms with Gasteiger partial charge in [-0.3, -0.25) is 0 Å². The van der Waals surface area contributed by atoms with Crippen molar-refractivity contribution >= 4 is 0 Å². The predicted molar refractivity (Wildman–Crippen MR) is 130 cm³/mol. The zero-order chi connectivity index (χ0) is 23.0. The molecule has 178 valence electrons. The summed E-state index contributed by atoms with van der Waals surface area (Å²) in [4.78, 5) is 0. The smallest absolute Gasteiger partial charge is 0.165 e. The highest BCUT2D eigenvalue weighted by Gasteiger charge is 2.10. The Bertz CT molecular complexity index is 711. The van der Waals surface area contributed by atoms with Crippen LogP contribution in [-0.2, 0) is 0 Å². The largest absolute Gasteiger partial charge is 0.491 e. The van der Waals surface area contributed by atoms with Gasteiger partial charge in [-0.1, -0.05) is 90.2 Å². The van der Waals surface area contributed by atoms with Crippen molar-refractivity contribution in [3.05, 3.63) is 48.0 Å². The maximum atomic E-state index is 14.5. The fourth-order valence-electron chi connectivity index (χ4n) is 3.72. The number of ether oxygens (including phenoxy) is 2. The van der Waals surface area contributed by atoms with Gasteiger partial charge in [0, 0.05) is 0 Å². The fraction of sp³-hybridized carbons (Fsp3) is 0.571. The lowest BCUT2D eigenvalue weighted by atomic mass is 10.0. The van der Waals surface area contributed by atoms with E-state index in [4.69, 9.17) is 9.47 Å². The summed E-state index contributed by atoms with van der Waals surface area (Å²) in [7, 11) is 0. The van der Waals surface area contributed by atoms with E-state index in [9.17, 15) is 8.78 Å². The third kappa shape index (κ3) is 9.58. The number of halogens is 2. The van der Waals surface area contributed by atoms with Gasteiger partial charge in [0.25, 0.3) is 0 Å². The number of unbranched alkanes of at least 4 members (excludes halogenated alkanes) is 10. The van der Waals surface area contributed by atoms with Crippen LogP contribution in [0.1, 0.15) is 90.9 Å². The molecule has 32 heavy (non-hydrogen) atoms. The highest BCUT2D eigenvalue weighted by atomic mass is 19.1. The van der Waals surface area contributed by atoms with E-state index in [1.54, 1.807) is 24.3 Å². The van der Waals surface area contributed by atoms with E-state index in [1.807, 2.05) is 0 Å². The molecule has 0 aliphatic carbocycles. The van der Waals surface area contributed by atoms with Crippen LogP contribution in [0.15, 0.2) is 36.4 Å². The van der Waals surface area contributed by atoms with Crippen molar-refractivity contribution in [2.24, 2.45) is 0 Å². The molecule has 4 heteroatoms. The Hall–Kier alpha value is -2.10. The summed E-state index contributed by atoms with van der Waals surface area (Å²) in [5, 5.41) is 0. The van der Waals surface area contributed by atoms with Crippen molar-refractivity contribution < 1.29 is 18.3 Å². The first kappa shape index (κ1) is 26.2. The van der Waals surface area contributed by atoms with Crippen LogP contribution >= 0.6 is 0 Å². The fourth-order valence-corrected chi connectivity index (χ4v) is 3.72. The minimum atomic E-state index is -0.419. The topological polar surface area (TPSA) is 18.5 Å². The van der Waals surface area contributed by atoms with Gasteiger partial charge in [0.05, 0.1) is 13.2 Å². The molecule has 0 aliphatic heterocycles. The summed E-state index contributed by atoms with van der Waals surface area (Å²) >= 11 is 0. The van der Waals surface area contributed by atoms with Crippen LogP contribution in [-0.4, -0.2) is 13.2 Å². The monoisotopic (exact) mass is 446 g/mol. The molecule has 0 spiro atoms. The molecule has 0 saturated heterocycles. The third-order valence-electron chi connectivity index (χ3n) is 5.71. The molecule has 0 bridgehead atoms. The number of hydrogen-bond donors (Lipinski definition) is 0. The van der Waals surface area contributed by atoms with Crippen molar-refractivity contribution in [1.29, 1.82) is 0 Å². The van der Waals surface area contributed by atoms with Crippen LogP contribution < -0.4 is 9.47 Å². The van der Waals surface area contributed by atoms with Gasteiger partial charge in [-0.15, -0.1) is 0 Å². The Balaban J connectivity index is 1.80. The normalized spacial score (nSPS) is 11.0. The second kappa shape index (κ2) is 15.7. The molecule has 2 rings (SSSR count).